The Morgan fingerprint density at radius 1 is 1.24 bits per heavy atom. The van der Waals surface area contributed by atoms with Crippen LogP contribution in [0.1, 0.15) is 19.5 Å². The summed E-state index contributed by atoms with van der Waals surface area (Å²) in [4.78, 5) is 27.7. The van der Waals surface area contributed by atoms with Gasteiger partial charge in [0.1, 0.15) is 4.60 Å². The molecular weight excluding hydrogens is 340 g/mol. The summed E-state index contributed by atoms with van der Waals surface area (Å²) in [6.45, 7) is 5.52. The third-order valence-electron chi connectivity index (χ3n) is 2.35. The molecule has 1 N–H and O–H groups in total. The fourth-order valence-electron chi connectivity index (χ4n) is 1.40. The van der Waals surface area contributed by atoms with E-state index in [1.165, 1.54) is 6.20 Å². The molecule has 0 atom stereocenters. The molecule has 0 aliphatic heterocycles. The van der Waals surface area contributed by atoms with Crippen LogP contribution >= 0.6 is 15.9 Å². The van der Waals surface area contributed by atoms with Gasteiger partial charge in [-0.2, -0.15) is 0 Å². The van der Waals surface area contributed by atoms with Crippen molar-refractivity contribution in [2.24, 2.45) is 0 Å². The maximum Gasteiger partial charge on any atom is 0.347 e. The predicted molar refractivity (Wildman–Crippen MR) is 81.6 cm³/mol. The third-order valence-corrected chi connectivity index (χ3v) is 2.96. The van der Waals surface area contributed by atoms with Gasteiger partial charge >= 0.3 is 11.9 Å². The zero-order valence-electron chi connectivity index (χ0n) is 12.1. The number of hydrogen-bond acceptors (Lipinski definition) is 6. The van der Waals surface area contributed by atoms with Crippen molar-refractivity contribution in [1.29, 1.82) is 0 Å². The smallest absolute Gasteiger partial charge is 0.347 e. The van der Waals surface area contributed by atoms with Gasteiger partial charge in [-0.25, -0.2) is 14.6 Å². The Morgan fingerprint density at radius 2 is 1.81 bits per heavy atom. The van der Waals surface area contributed by atoms with Crippen LogP contribution in [0, 0.1) is 6.92 Å². The fourth-order valence-corrected chi connectivity index (χ4v) is 1.93. The summed E-state index contributed by atoms with van der Waals surface area (Å²) in [7, 11) is 0. The number of ether oxygens (including phenoxy) is 2. The lowest BCUT2D eigenvalue weighted by Crippen LogP contribution is -2.19. The highest BCUT2D eigenvalue weighted by molar-refractivity contribution is 9.10. The van der Waals surface area contributed by atoms with Gasteiger partial charge in [-0.1, -0.05) is 0 Å². The molecule has 0 saturated carbocycles. The van der Waals surface area contributed by atoms with Crippen molar-refractivity contribution in [2.45, 2.75) is 20.8 Å². The average Bonchev–Trinajstić information content (AvgIpc) is 2.41. The number of halogens is 1. The van der Waals surface area contributed by atoms with Crippen LogP contribution in [0.15, 0.2) is 28.5 Å². The number of hydrogen-bond donors (Lipinski definition) is 1. The third kappa shape index (κ3) is 5.18. The number of nitrogens with zero attached hydrogens (tertiary/aromatic N) is 1. The van der Waals surface area contributed by atoms with Crippen molar-refractivity contribution < 1.29 is 19.1 Å². The first-order valence-corrected chi connectivity index (χ1v) is 7.23. The number of aryl methyl sites for hydroxylation is 1. The van der Waals surface area contributed by atoms with Gasteiger partial charge < -0.3 is 14.8 Å². The molecule has 7 heteroatoms. The molecule has 1 aromatic rings. The van der Waals surface area contributed by atoms with Crippen LogP contribution < -0.4 is 5.32 Å². The van der Waals surface area contributed by atoms with Gasteiger partial charge in [0.15, 0.2) is 5.57 Å². The van der Waals surface area contributed by atoms with Crippen LogP contribution in [-0.2, 0) is 19.1 Å². The van der Waals surface area contributed by atoms with E-state index in [0.29, 0.717) is 10.3 Å². The van der Waals surface area contributed by atoms with Gasteiger partial charge in [0.05, 0.1) is 18.9 Å². The zero-order valence-corrected chi connectivity index (χ0v) is 13.7. The summed E-state index contributed by atoms with van der Waals surface area (Å²) in [6, 6.07) is 3.58. The van der Waals surface area contributed by atoms with Gasteiger partial charge in [-0.3, -0.25) is 0 Å². The normalized spacial score (nSPS) is 9.71. The molecule has 0 aromatic carbocycles. The fraction of sp³-hybridized carbons (Fsp3) is 0.357. The largest absolute Gasteiger partial charge is 0.462 e. The Bertz CT molecular complexity index is 538. The minimum atomic E-state index is -0.736. The van der Waals surface area contributed by atoms with E-state index >= 15 is 0 Å². The van der Waals surface area contributed by atoms with Crippen LogP contribution in [0.5, 0.6) is 0 Å². The first-order chi connectivity index (χ1) is 9.99. The van der Waals surface area contributed by atoms with E-state index in [0.717, 1.165) is 5.69 Å². The summed E-state index contributed by atoms with van der Waals surface area (Å²) in [5, 5.41) is 2.85. The number of anilines is 1. The second-order valence-electron chi connectivity index (χ2n) is 3.93. The van der Waals surface area contributed by atoms with Crippen LogP contribution in [0.2, 0.25) is 0 Å². The minimum absolute atomic E-state index is 0.172. The van der Waals surface area contributed by atoms with Crippen molar-refractivity contribution in [3.05, 3.63) is 34.2 Å². The van der Waals surface area contributed by atoms with Crippen molar-refractivity contribution in [2.75, 3.05) is 18.5 Å². The van der Waals surface area contributed by atoms with E-state index in [9.17, 15) is 9.59 Å². The first-order valence-electron chi connectivity index (χ1n) is 6.43. The molecular formula is C14H17BrN2O4. The maximum absolute atomic E-state index is 11.8. The molecule has 1 aromatic heterocycles. The highest BCUT2D eigenvalue weighted by Crippen LogP contribution is 2.20. The predicted octanol–water partition coefficient (Wildman–Crippen LogP) is 2.57. The van der Waals surface area contributed by atoms with E-state index in [2.05, 4.69) is 26.2 Å². The van der Waals surface area contributed by atoms with E-state index < -0.39 is 11.9 Å². The number of carbonyl (C=O) groups is 2. The molecule has 0 bridgehead atoms. The minimum Gasteiger partial charge on any atom is -0.462 e. The Labute approximate surface area is 131 Å². The average molecular weight is 357 g/mol. The number of aromatic nitrogens is 1. The molecule has 0 aliphatic rings. The molecule has 0 fully saturated rings. The second-order valence-corrected chi connectivity index (χ2v) is 4.69. The lowest BCUT2D eigenvalue weighted by molar-refractivity contribution is -0.146. The van der Waals surface area contributed by atoms with Crippen LogP contribution in [-0.4, -0.2) is 30.1 Å². The summed E-state index contributed by atoms with van der Waals surface area (Å²) in [5.41, 5.74) is 1.25. The van der Waals surface area contributed by atoms with Crippen LogP contribution in [0.3, 0.4) is 0 Å². The summed E-state index contributed by atoms with van der Waals surface area (Å²) in [5.74, 6) is -1.47. The van der Waals surface area contributed by atoms with Gasteiger partial charge in [0.25, 0.3) is 0 Å². The molecule has 0 unspecified atom stereocenters. The summed E-state index contributed by atoms with van der Waals surface area (Å²) < 4.78 is 10.2. The maximum atomic E-state index is 11.8. The van der Waals surface area contributed by atoms with Crippen LogP contribution in [0.4, 0.5) is 5.69 Å². The number of esters is 2. The Balaban J connectivity index is 2.96. The van der Waals surface area contributed by atoms with Crippen molar-refractivity contribution in [3.8, 4) is 0 Å². The zero-order chi connectivity index (χ0) is 15.8. The number of nitrogens with one attached hydrogen (secondary N) is 1. The lowest BCUT2D eigenvalue weighted by atomic mass is 10.3. The Kier molecular flexibility index (Phi) is 6.87. The van der Waals surface area contributed by atoms with Crippen molar-refractivity contribution in [1.82, 2.24) is 4.98 Å². The van der Waals surface area contributed by atoms with Crippen LogP contribution in [0.25, 0.3) is 0 Å². The van der Waals surface area contributed by atoms with Gasteiger partial charge in [0.2, 0.25) is 0 Å². The van der Waals surface area contributed by atoms with Gasteiger partial charge in [-0.15, -0.1) is 0 Å². The molecule has 1 rings (SSSR count). The molecule has 1 heterocycles. The Hall–Kier alpha value is -1.89. The molecule has 21 heavy (non-hydrogen) atoms. The second kappa shape index (κ2) is 8.41. The monoisotopic (exact) mass is 356 g/mol. The number of pyridine rings is 1. The molecule has 6 nitrogen and oxygen atoms in total. The summed E-state index contributed by atoms with van der Waals surface area (Å²) in [6.07, 6.45) is 1.26. The first kappa shape index (κ1) is 17.2. The summed E-state index contributed by atoms with van der Waals surface area (Å²) >= 11 is 3.30. The molecule has 114 valence electrons. The topological polar surface area (TPSA) is 77.5 Å². The van der Waals surface area contributed by atoms with Gasteiger partial charge in [-0.05, 0) is 48.8 Å². The highest BCUT2D eigenvalue weighted by Gasteiger charge is 2.21. The van der Waals surface area contributed by atoms with E-state index in [1.54, 1.807) is 26.0 Å². The quantitative estimate of drug-likeness (QED) is 0.277. The van der Waals surface area contributed by atoms with Crippen molar-refractivity contribution >= 4 is 33.6 Å². The van der Waals surface area contributed by atoms with E-state index in [4.69, 9.17) is 9.47 Å². The molecule has 0 radical (unpaired) electrons. The highest BCUT2D eigenvalue weighted by atomic mass is 79.9. The Morgan fingerprint density at radius 3 is 2.29 bits per heavy atom. The number of rotatable bonds is 6. The van der Waals surface area contributed by atoms with E-state index in [1.807, 2.05) is 6.92 Å². The van der Waals surface area contributed by atoms with Gasteiger partial charge in [0, 0.05) is 11.9 Å². The molecule has 0 amide bonds. The van der Waals surface area contributed by atoms with E-state index in [-0.39, 0.29) is 18.8 Å². The number of carbonyl (C=O) groups excluding carboxylic acids is 2. The standard InChI is InChI=1S/C14H17BrN2O4/c1-4-20-13(18)10(14(19)21-5-2)8-16-11-7-6-9(3)17-12(11)15/h6-8,16H,4-5H2,1-3H3. The molecule has 0 saturated heterocycles. The molecule has 0 aliphatic carbocycles. The lowest BCUT2D eigenvalue weighted by Gasteiger charge is -2.08. The SMILES string of the molecule is CCOC(=O)C(=CNc1ccc(C)nc1Br)C(=O)OCC. The van der Waals surface area contributed by atoms with Crippen molar-refractivity contribution in [3.63, 3.8) is 0 Å². The molecule has 0 spiro atoms.